The summed E-state index contributed by atoms with van der Waals surface area (Å²) in [7, 11) is 0. The lowest BCUT2D eigenvalue weighted by Gasteiger charge is -2.47. The van der Waals surface area contributed by atoms with Gasteiger partial charge in [-0.1, -0.05) is 42.8 Å². The minimum atomic E-state index is -0.324. The van der Waals surface area contributed by atoms with E-state index in [2.05, 4.69) is 38.2 Å². The van der Waals surface area contributed by atoms with E-state index in [4.69, 9.17) is 11.6 Å². The van der Waals surface area contributed by atoms with E-state index in [1.54, 1.807) is 12.1 Å². The van der Waals surface area contributed by atoms with Crippen LogP contribution in [0.25, 0.3) is 0 Å². The second-order valence-electron chi connectivity index (χ2n) is 8.59. The predicted octanol–water partition coefficient (Wildman–Crippen LogP) is 5.55. The first-order valence-electron chi connectivity index (χ1n) is 10.2. The maximum absolute atomic E-state index is 13.0. The molecule has 28 heavy (non-hydrogen) atoms. The van der Waals surface area contributed by atoms with Crippen LogP contribution in [0, 0.1) is 18.3 Å². The number of benzene rings is 2. The van der Waals surface area contributed by atoms with Gasteiger partial charge >= 0.3 is 0 Å². The van der Waals surface area contributed by atoms with Gasteiger partial charge in [0.2, 0.25) is 5.91 Å². The molecule has 2 aliphatic rings. The normalized spacial score (nSPS) is 32.1. The molecule has 1 amide bonds. The Bertz CT molecular complexity index is 894. The Morgan fingerprint density at radius 3 is 2.57 bits per heavy atom. The summed E-state index contributed by atoms with van der Waals surface area (Å²) in [6.45, 7) is 6.32. The van der Waals surface area contributed by atoms with Crippen LogP contribution in [0.5, 0.6) is 5.75 Å². The number of rotatable bonds is 3. The van der Waals surface area contributed by atoms with E-state index in [0.717, 1.165) is 29.8 Å². The zero-order valence-electron chi connectivity index (χ0n) is 16.7. The summed E-state index contributed by atoms with van der Waals surface area (Å²) < 4.78 is 0. The molecule has 2 aromatic rings. The van der Waals surface area contributed by atoms with Crippen molar-refractivity contribution in [1.29, 1.82) is 0 Å². The fraction of sp³-hybridized carbons (Fsp3) is 0.458. The largest absolute Gasteiger partial charge is 0.508 e. The molecule has 5 atom stereocenters. The smallest absolute Gasteiger partial charge is 0.226 e. The number of amides is 1. The number of phenolic OH excluding ortho intramolecular Hbond substituents is 1. The molecule has 1 aliphatic carbocycles. The number of hydrogen-bond donors (Lipinski definition) is 2. The molecular formula is C24H28ClNO2. The highest BCUT2D eigenvalue weighted by atomic mass is 35.5. The van der Waals surface area contributed by atoms with Gasteiger partial charge in [0.05, 0.1) is 5.41 Å². The van der Waals surface area contributed by atoms with Crippen LogP contribution < -0.4 is 5.32 Å². The van der Waals surface area contributed by atoms with E-state index in [9.17, 15) is 9.90 Å². The molecule has 4 rings (SSSR count). The number of phenols is 1. The lowest BCUT2D eigenvalue weighted by atomic mass is 9.54. The summed E-state index contributed by atoms with van der Waals surface area (Å²) in [6, 6.07) is 13.9. The average Bonchev–Trinajstić information content (AvgIpc) is 2.93. The Morgan fingerprint density at radius 2 is 1.93 bits per heavy atom. The Kier molecular flexibility index (Phi) is 4.91. The van der Waals surface area contributed by atoms with Crippen molar-refractivity contribution in [2.75, 3.05) is 0 Å². The van der Waals surface area contributed by atoms with Crippen LogP contribution in [0.1, 0.15) is 61.6 Å². The Labute approximate surface area is 172 Å². The molecule has 2 aromatic carbocycles. The first-order chi connectivity index (χ1) is 13.4. The van der Waals surface area contributed by atoms with Crippen molar-refractivity contribution in [3.05, 3.63) is 64.2 Å². The number of carbonyl (C=O) groups is 1. The molecule has 0 spiro atoms. The SMILES string of the molecule is CC[C@@]12CC[C@@H](c3ccc(C)cc3Cl)[C@H](c3ccc(O)cc3)[C@@H]1[C@@H](C)NC2=O. The quantitative estimate of drug-likeness (QED) is 0.713. The van der Waals surface area contributed by atoms with Crippen LogP contribution in [0.2, 0.25) is 5.02 Å². The van der Waals surface area contributed by atoms with Gasteiger partial charge in [-0.15, -0.1) is 0 Å². The van der Waals surface area contributed by atoms with Crippen LogP contribution in [0.4, 0.5) is 0 Å². The van der Waals surface area contributed by atoms with Gasteiger partial charge < -0.3 is 10.4 Å². The van der Waals surface area contributed by atoms with Gasteiger partial charge in [-0.05, 0) is 79.8 Å². The maximum Gasteiger partial charge on any atom is 0.226 e. The first kappa shape index (κ1) is 19.3. The highest BCUT2D eigenvalue weighted by Crippen LogP contribution is 2.60. The first-order valence-corrected chi connectivity index (χ1v) is 10.6. The number of fused-ring (bicyclic) bond motifs is 1. The summed E-state index contributed by atoms with van der Waals surface area (Å²) in [5, 5.41) is 13.8. The fourth-order valence-electron chi connectivity index (χ4n) is 5.84. The predicted molar refractivity (Wildman–Crippen MR) is 113 cm³/mol. The Balaban J connectivity index is 1.87. The molecule has 1 saturated carbocycles. The summed E-state index contributed by atoms with van der Waals surface area (Å²) in [4.78, 5) is 13.0. The monoisotopic (exact) mass is 397 g/mol. The molecule has 1 saturated heterocycles. The lowest BCUT2D eigenvalue weighted by molar-refractivity contribution is -0.131. The summed E-state index contributed by atoms with van der Waals surface area (Å²) >= 11 is 6.69. The van der Waals surface area contributed by atoms with E-state index in [-0.39, 0.29) is 40.9 Å². The van der Waals surface area contributed by atoms with Crippen molar-refractivity contribution in [2.24, 2.45) is 11.3 Å². The summed E-state index contributed by atoms with van der Waals surface area (Å²) in [6.07, 6.45) is 2.66. The molecule has 1 heterocycles. The molecule has 3 nitrogen and oxygen atoms in total. The minimum absolute atomic E-state index is 0.110. The van der Waals surface area contributed by atoms with Crippen LogP contribution in [-0.2, 0) is 4.79 Å². The van der Waals surface area contributed by atoms with Gasteiger partial charge in [-0.3, -0.25) is 4.79 Å². The van der Waals surface area contributed by atoms with E-state index >= 15 is 0 Å². The lowest BCUT2D eigenvalue weighted by Crippen LogP contribution is -2.43. The Morgan fingerprint density at radius 1 is 1.21 bits per heavy atom. The Hall–Kier alpha value is -2.00. The fourth-order valence-corrected chi connectivity index (χ4v) is 6.21. The summed E-state index contributed by atoms with van der Waals surface area (Å²) in [5.41, 5.74) is 3.17. The molecule has 0 bridgehead atoms. The number of halogens is 1. The molecule has 2 N–H and O–H groups in total. The molecule has 4 heteroatoms. The second kappa shape index (κ2) is 7.11. The highest BCUT2D eigenvalue weighted by Gasteiger charge is 2.59. The molecule has 0 aromatic heterocycles. The minimum Gasteiger partial charge on any atom is -0.508 e. The van der Waals surface area contributed by atoms with Crippen molar-refractivity contribution < 1.29 is 9.90 Å². The van der Waals surface area contributed by atoms with Gasteiger partial charge in [0.1, 0.15) is 5.75 Å². The van der Waals surface area contributed by atoms with Crippen LogP contribution in [-0.4, -0.2) is 17.1 Å². The molecular weight excluding hydrogens is 370 g/mol. The number of nitrogens with one attached hydrogen (secondary N) is 1. The zero-order chi connectivity index (χ0) is 20.1. The van der Waals surface area contributed by atoms with E-state index in [0.29, 0.717) is 0 Å². The van der Waals surface area contributed by atoms with Crippen molar-refractivity contribution in [3.8, 4) is 5.75 Å². The van der Waals surface area contributed by atoms with Gasteiger partial charge in [-0.25, -0.2) is 0 Å². The van der Waals surface area contributed by atoms with Crippen molar-refractivity contribution >= 4 is 17.5 Å². The molecule has 0 unspecified atom stereocenters. The van der Waals surface area contributed by atoms with Gasteiger partial charge in [-0.2, -0.15) is 0 Å². The highest BCUT2D eigenvalue weighted by molar-refractivity contribution is 6.31. The zero-order valence-corrected chi connectivity index (χ0v) is 17.5. The van der Waals surface area contributed by atoms with Gasteiger partial charge in [0, 0.05) is 17.0 Å². The van der Waals surface area contributed by atoms with E-state index in [1.807, 2.05) is 18.2 Å². The van der Waals surface area contributed by atoms with E-state index in [1.165, 1.54) is 11.1 Å². The van der Waals surface area contributed by atoms with Crippen LogP contribution in [0.15, 0.2) is 42.5 Å². The standard InChI is InChI=1S/C24H28ClNO2/c1-4-24-12-11-19(18-10-5-14(2)13-20(18)25)21(16-6-8-17(27)9-7-16)22(24)15(3)26-23(24)28/h5-10,13,15,19,21-22,27H,4,11-12H2,1-3H3,(H,26,28)/t15-,19+,21+,22+,24-/m1/s1. The van der Waals surface area contributed by atoms with Gasteiger partial charge in [0.15, 0.2) is 0 Å². The van der Waals surface area contributed by atoms with Crippen molar-refractivity contribution in [3.63, 3.8) is 0 Å². The van der Waals surface area contributed by atoms with Crippen molar-refractivity contribution in [2.45, 2.75) is 57.9 Å². The van der Waals surface area contributed by atoms with Crippen LogP contribution in [0.3, 0.4) is 0 Å². The van der Waals surface area contributed by atoms with E-state index < -0.39 is 0 Å². The number of aromatic hydroxyl groups is 1. The maximum atomic E-state index is 13.0. The number of carbonyl (C=O) groups excluding carboxylic acids is 1. The third kappa shape index (κ3) is 2.91. The molecule has 2 fully saturated rings. The number of hydrogen-bond acceptors (Lipinski definition) is 2. The van der Waals surface area contributed by atoms with Crippen LogP contribution >= 0.6 is 11.6 Å². The van der Waals surface area contributed by atoms with Gasteiger partial charge in [0.25, 0.3) is 0 Å². The second-order valence-corrected chi connectivity index (χ2v) is 8.99. The van der Waals surface area contributed by atoms with Crippen molar-refractivity contribution in [1.82, 2.24) is 5.32 Å². The molecule has 1 aliphatic heterocycles. The molecule has 0 radical (unpaired) electrons. The third-order valence-electron chi connectivity index (χ3n) is 7.17. The third-order valence-corrected chi connectivity index (χ3v) is 7.50. The molecule has 148 valence electrons. The number of aryl methyl sites for hydroxylation is 1. The average molecular weight is 398 g/mol. The summed E-state index contributed by atoms with van der Waals surface area (Å²) in [5.74, 6) is 1.08. The topological polar surface area (TPSA) is 49.3 Å².